The molecule has 0 aromatic heterocycles. The number of ether oxygens (including phenoxy) is 1. The highest BCUT2D eigenvalue weighted by molar-refractivity contribution is 8.00. The molecule has 1 aliphatic carbocycles. The van der Waals surface area contributed by atoms with Gasteiger partial charge in [-0.25, -0.2) is 0 Å². The van der Waals surface area contributed by atoms with Gasteiger partial charge in [-0.05, 0) is 30.4 Å². The quantitative estimate of drug-likeness (QED) is 0.631. The summed E-state index contributed by atoms with van der Waals surface area (Å²) in [5.41, 5.74) is 0. The minimum atomic E-state index is -0.589. The van der Waals surface area contributed by atoms with E-state index < -0.39 is 11.9 Å². The van der Waals surface area contributed by atoms with Crippen LogP contribution in [-0.4, -0.2) is 24.1 Å². The molecule has 4 heteroatoms. The van der Waals surface area contributed by atoms with E-state index in [0.717, 1.165) is 4.90 Å². The highest BCUT2D eigenvalue weighted by Crippen LogP contribution is 2.43. The Labute approximate surface area is 124 Å². The molecule has 1 aromatic carbocycles. The summed E-state index contributed by atoms with van der Waals surface area (Å²) in [5, 5.41) is -0.151. The molecule has 0 radical (unpaired) electrons. The zero-order chi connectivity index (χ0) is 14.7. The van der Waals surface area contributed by atoms with Crippen LogP contribution >= 0.6 is 11.8 Å². The van der Waals surface area contributed by atoms with E-state index >= 15 is 0 Å². The molecule has 20 heavy (non-hydrogen) atoms. The zero-order valence-electron chi connectivity index (χ0n) is 12.0. The van der Waals surface area contributed by atoms with Gasteiger partial charge in [0.15, 0.2) is 5.78 Å². The summed E-state index contributed by atoms with van der Waals surface area (Å²) in [7, 11) is 1.34. The molecule has 2 rings (SSSR count). The van der Waals surface area contributed by atoms with E-state index in [0.29, 0.717) is 12.3 Å². The second kappa shape index (κ2) is 6.44. The Bertz CT molecular complexity index is 484. The van der Waals surface area contributed by atoms with Gasteiger partial charge >= 0.3 is 5.97 Å². The topological polar surface area (TPSA) is 43.4 Å². The van der Waals surface area contributed by atoms with Gasteiger partial charge < -0.3 is 4.74 Å². The Morgan fingerprint density at radius 2 is 1.95 bits per heavy atom. The normalized spacial score (nSPS) is 26.0. The summed E-state index contributed by atoms with van der Waals surface area (Å²) in [6.07, 6.45) is 0.605. The van der Waals surface area contributed by atoms with E-state index in [1.807, 2.05) is 30.3 Å². The fourth-order valence-electron chi connectivity index (χ4n) is 2.69. The fraction of sp³-hybridized carbons (Fsp3) is 0.500. The van der Waals surface area contributed by atoms with Crippen molar-refractivity contribution >= 4 is 23.5 Å². The molecule has 2 unspecified atom stereocenters. The molecule has 0 N–H and O–H groups in total. The van der Waals surface area contributed by atoms with Crippen LogP contribution in [0.4, 0.5) is 0 Å². The third kappa shape index (κ3) is 3.06. The number of hydrogen-bond donors (Lipinski definition) is 0. The number of ketones is 1. The molecule has 1 aromatic rings. The lowest BCUT2D eigenvalue weighted by Gasteiger charge is -2.21. The van der Waals surface area contributed by atoms with Crippen molar-refractivity contribution in [2.45, 2.75) is 30.4 Å². The number of methoxy groups -OCH3 is 1. The van der Waals surface area contributed by atoms with Crippen LogP contribution in [0.15, 0.2) is 35.2 Å². The van der Waals surface area contributed by atoms with E-state index in [1.54, 1.807) is 11.8 Å². The maximum absolute atomic E-state index is 12.5. The Balaban J connectivity index is 2.20. The van der Waals surface area contributed by atoms with Crippen molar-refractivity contribution in [2.75, 3.05) is 7.11 Å². The van der Waals surface area contributed by atoms with Crippen molar-refractivity contribution in [1.29, 1.82) is 0 Å². The Morgan fingerprint density at radius 3 is 2.50 bits per heavy atom. The second-order valence-corrected chi connectivity index (χ2v) is 6.69. The fourth-order valence-corrected chi connectivity index (χ4v) is 4.18. The number of carbonyl (C=O) groups is 2. The molecule has 0 amide bonds. The van der Waals surface area contributed by atoms with Crippen molar-refractivity contribution in [2.24, 2.45) is 17.8 Å². The molecule has 1 aliphatic rings. The van der Waals surface area contributed by atoms with E-state index in [1.165, 1.54) is 7.11 Å². The molecular weight excluding hydrogens is 272 g/mol. The molecule has 0 spiro atoms. The first-order valence-corrected chi connectivity index (χ1v) is 7.75. The van der Waals surface area contributed by atoms with Crippen LogP contribution in [0.1, 0.15) is 20.3 Å². The van der Waals surface area contributed by atoms with Gasteiger partial charge in [0.05, 0.1) is 12.4 Å². The minimum Gasteiger partial charge on any atom is -0.468 e. The maximum atomic E-state index is 12.5. The van der Waals surface area contributed by atoms with E-state index in [2.05, 4.69) is 13.8 Å². The molecule has 1 saturated carbocycles. The summed E-state index contributed by atoms with van der Waals surface area (Å²) in [6, 6.07) is 9.88. The summed E-state index contributed by atoms with van der Waals surface area (Å²) in [4.78, 5) is 25.3. The van der Waals surface area contributed by atoms with Crippen molar-refractivity contribution in [3.63, 3.8) is 0 Å². The summed E-state index contributed by atoms with van der Waals surface area (Å²) in [6.45, 7) is 4.21. The van der Waals surface area contributed by atoms with Gasteiger partial charge in [0.1, 0.15) is 5.92 Å². The largest absolute Gasteiger partial charge is 0.468 e. The lowest BCUT2D eigenvalue weighted by Crippen LogP contribution is -2.26. The van der Waals surface area contributed by atoms with Crippen LogP contribution in [0.3, 0.4) is 0 Å². The van der Waals surface area contributed by atoms with Crippen LogP contribution in [-0.2, 0) is 14.3 Å². The van der Waals surface area contributed by atoms with Gasteiger partial charge in [0.2, 0.25) is 0 Å². The number of rotatable bonds is 4. The predicted octanol–water partition coefficient (Wildman–Crippen LogP) is 3.18. The SMILES string of the molecule is COC(=O)C1C[C@H](C(C)C)C(Sc2ccccc2)C1=O. The monoisotopic (exact) mass is 292 g/mol. The Morgan fingerprint density at radius 1 is 1.30 bits per heavy atom. The smallest absolute Gasteiger partial charge is 0.316 e. The number of benzene rings is 1. The third-order valence-corrected chi connectivity index (χ3v) is 5.25. The number of thioether (sulfide) groups is 1. The summed E-state index contributed by atoms with van der Waals surface area (Å²) in [5.74, 6) is -0.374. The lowest BCUT2D eigenvalue weighted by molar-refractivity contribution is -0.148. The van der Waals surface area contributed by atoms with Gasteiger partial charge in [-0.15, -0.1) is 11.8 Å². The molecule has 0 bridgehead atoms. The third-order valence-electron chi connectivity index (χ3n) is 3.87. The van der Waals surface area contributed by atoms with Gasteiger partial charge in [-0.2, -0.15) is 0 Å². The van der Waals surface area contributed by atoms with Crippen LogP contribution in [0.5, 0.6) is 0 Å². The van der Waals surface area contributed by atoms with Crippen molar-refractivity contribution < 1.29 is 14.3 Å². The van der Waals surface area contributed by atoms with Gasteiger partial charge in [-0.3, -0.25) is 9.59 Å². The first-order chi connectivity index (χ1) is 9.54. The van der Waals surface area contributed by atoms with Crippen molar-refractivity contribution in [1.82, 2.24) is 0 Å². The van der Waals surface area contributed by atoms with Gasteiger partial charge in [0.25, 0.3) is 0 Å². The standard InChI is InChI=1S/C16H20O3S/c1-10(2)12-9-13(16(18)19-3)14(17)15(12)20-11-7-5-4-6-8-11/h4-8,10,12-13,15H,9H2,1-3H3/t12-,13?,15?/m1/s1. The van der Waals surface area contributed by atoms with Gasteiger partial charge in [0, 0.05) is 4.90 Å². The second-order valence-electron chi connectivity index (χ2n) is 5.47. The van der Waals surface area contributed by atoms with E-state index in [-0.39, 0.29) is 17.0 Å². The van der Waals surface area contributed by atoms with E-state index in [4.69, 9.17) is 4.74 Å². The number of carbonyl (C=O) groups excluding carboxylic acids is 2. The minimum absolute atomic E-state index is 0.0180. The summed E-state index contributed by atoms with van der Waals surface area (Å²) >= 11 is 1.57. The Hall–Kier alpha value is -1.29. The first-order valence-electron chi connectivity index (χ1n) is 6.88. The molecule has 0 heterocycles. The molecule has 0 aliphatic heterocycles. The Kier molecular flexibility index (Phi) is 4.86. The molecular formula is C16H20O3S. The number of hydrogen-bond acceptors (Lipinski definition) is 4. The van der Waals surface area contributed by atoms with Crippen molar-refractivity contribution in [3.8, 4) is 0 Å². The molecule has 3 atom stereocenters. The molecule has 0 saturated heterocycles. The predicted molar refractivity (Wildman–Crippen MR) is 79.5 cm³/mol. The van der Waals surface area contributed by atoms with Crippen LogP contribution in [0.2, 0.25) is 0 Å². The average Bonchev–Trinajstić information content (AvgIpc) is 2.77. The molecule has 108 valence electrons. The van der Waals surface area contributed by atoms with E-state index in [9.17, 15) is 9.59 Å². The van der Waals surface area contributed by atoms with Crippen molar-refractivity contribution in [3.05, 3.63) is 30.3 Å². The molecule has 3 nitrogen and oxygen atoms in total. The number of esters is 1. The molecule has 1 fully saturated rings. The average molecular weight is 292 g/mol. The maximum Gasteiger partial charge on any atom is 0.316 e. The lowest BCUT2D eigenvalue weighted by atomic mass is 9.93. The highest BCUT2D eigenvalue weighted by Gasteiger charge is 2.47. The van der Waals surface area contributed by atoms with Crippen LogP contribution in [0, 0.1) is 17.8 Å². The van der Waals surface area contributed by atoms with Crippen LogP contribution in [0.25, 0.3) is 0 Å². The summed E-state index contributed by atoms with van der Waals surface area (Å²) < 4.78 is 4.76. The van der Waals surface area contributed by atoms with Crippen LogP contribution < -0.4 is 0 Å². The highest BCUT2D eigenvalue weighted by atomic mass is 32.2. The van der Waals surface area contributed by atoms with Gasteiger partial charge in [-0.1, -0.05) is 32.0 Å². The zero-order valence-corrected chi connectivity index (χ0v) is 12.9. The number of Topliss-reactive ketones (excluding diaryl/α,β-unsaturated/α-hetero) is 1. The first kappa shape index (κ1) is 15.1.